The van der Waals surface area contributed by atoms with Crippen LogP contribution in [0.5, 0.6) is 0 Å². The Morgan fingerprint density at radius 3 is 2.29 bits per heavy atom. The van der Waals surface area contributed by atoms with Gasteiger partial charge in [-0.3, -0.25) is 9.78 Å². The van der Waals surface area contributed by atoms with Gasteiger partial charge >= 0.3 is 5.97 Å². The summed E-state index contributed by atoms with van der Waals surface area (Å²) in [6.07, 6.45) is 1.60. The molecular formula is C15H12Cl3N3O3. The van der Waals surface area contributed by atoms with Crippen LogP contribution in [-0.2, 0) is 9.53 Å². The number of esters is 1. The Hall–Kier alpha value is -1.89. The van der Waals surface area contributed by atoms with Crippen LogP contribution in [0.2, 0.25) is 15.1 Å². The lowest BCUT2D eigenvalue weighted by atomic mass is 10.3. The van der Waals surface area contributed by atoms with Crippen molar-refractivity contribution in [2.24, 2.45) is 0 Å². The predicted octanol–water partition coefficient (Wildman–Crippen LogP) is 3.93. The monoisotopic (exact) mass is 387 g/mol. The zero-order valence-electron chi connectivity index (χ0n) is 12.6. The molecule has 0 unspecified atom stereocenters. The molecule has 1 heterocycles. The lowest BCUT2D eigenvalue weighted by Gasteiger charge is -2.15. The molecule has 1 atom stereocenters. The van der Waals surface area contributed by atoms with Gasteiger partial charge in [0.2, 0.25) is 0 Å². The minimum Gasteiger partial charge on any atom is -0.448 e. The minimum absolute atomic E-state index is 0.00260. The number of halogens is 3. The van der Waals surface area contributed by atoms with Crippen LogP contribution in [0.1, 0.15) is 23.1 Å². The Labute approximate surface area is 153 Å². The molecule has 0 bridgehead atoms. The summed E-state index contributed by atoms with van der Waals surface area (Å²) in [6.45, 7) is 3.14. The Balaban J connectivity index is 2.05. The van der Waals surface area contributed by atoms with Crippen molar-refractivity contribution < 1.29 is 14.3 Å². The van der Waals surface area contributed by atoms with Gasteiger partial charge in [-0.05, 0) is 26.0 Å². The normalized spacial score (nSPS) is 11.7. The van der Waals surface area contributed by atoms with Crippen molar-refractivity contribution in [3.8, 4) is 0 Å². The molecule has 2 rings (SSSR count). The van der Waals surface area contributed by atoms with E-state index in [2.05, 4.69) is 15.3 Å². The number of hydrogen-bond donors (Lipinski definition) is 1. The number of anilines is 1. The summed E-state index contributed by atoms with van der Waals surface area (Å²) in [5.74, 6) is -1.37. The molecule has 0 radical (unpaired) electrons. The maximum Gasteiger partial charge on any atom is 0.359 e. The first-order valence-electron chi connectivity index (χ1n) is 6.73. The van der Waals surface area contributed by atoms with Crippen molar-refractivity contribution in [1.82, 2.24) is 9.97 Å². The zero-order chi connectivity index (χ0) is 17.9. The van der Waals surface area contributed by atoms with E-state index in [1.807, 2.05) is 0 Å². The lowest BCUT2D eigenvalue weighted by Crippen LogP contribution is -2.30. The quantitative estimate of drug-likeness (QED) is 0.803. The van der Waals surface area contributed by atoms with Crippen LogP contribution in [0.25, 0.3) is 0 Å². The Kier molecular flexibility index (Phi) is 5.99. The second kappa shape index (κ2) is 7.79. The molecule has 9 heteroatoms. The highest BCUT2D eigenvalue weighted by Gasteiger charge is 2.21. The molecule has 126 valence electrons. The van der Waals surface area contributed by atoms with Gasteiger partial charge < -0.3 is 10.1 Å². The second-order valence-corrected chi connectivity index (χ2v) is 6.08. The van der Waals surface area contributed by atoms with Crippen LogP contribution in [0.3, 0.4) is 0 Å². The standard InChI is InChI=1S/C15H12Cl3N3O3/c1-7-5-20-12(6-19-7)15(23)24-8(2)14(22)21-13-10(17)3-9(16)4-11(13)18/h3-6,8H,1-2H3,(H,21,22)/t8-/m0/s1. The van der Waals surface area contributed by atoms with Gasteiger partial charge in [-0.1, -0.05) is 34.8 Å². The first-order chi connectivity index (χ1) is 11.3. The van der Waals surface area contributed by atoms with Crippen LogP contribution < -0.4 is 5.32 Å². The van der Waals surface area contributed by atoms with Gasteiger partial charge in [-0.25, -0.2) is 9.78 Å². The lowest BCUT2D eigenvalue weighted by molar-refractivity contribution is -0.123. The molecule has 0 spiro atoms. The van der Waals surface area contributed by atoms with E-state index in [1.165, 1.54) is 31.5 Å². The number of carbonyl (C=O) groups is 2. The molecule has 1 amide bonds. The third-order valence-electron chi connectivity index (χ3n) is 2.90. The predicted molar refractivity (Wildman–Crippen MR) is 91.7 cm³/mol. The largest absolute Gasteiger partial charge is 0.448 e. The molecule has 1 aromatic heterocycles. The van der Waals surface area contributed by atoms with Crippen LogP contribution in [0, 0.1) is 6.92 Å². The maximum atomic E-state index is 12.1. The molecule has 0 saturated carbocycles. The smallest absolute Gasteiger partial charge is 0.359 e. The van der Waals surface area contributed by atoms with Crippen molar-refractivity contribution >= 4 is 52.4 Å². The number of benzene rings is 1. The Morgan fingerprint density at radius 1 is 1.12 bits per heavy atom. The average Bonchev–Trinajstić information content (AvgIpc) is 2.51. The molecule has 2 aromatic rings. The third-order valence-corrected chi connectivity index (χ3v) is 3.71. The molecule has 6 nitrogen and oxygen atoms in total. The molecular weight excluding hydrogens is 377 g/mol. The summed E-state index contributed by atoms with van der Waals surface area (Å²) in [6, 6.07) is 2.87. The molecule has 0 aliphatic carbocycles. The van der Waals surface area contributed by atoms with E-state index in [9.17, 15) is 9.59 Å². The van der Waals surface area contributed by atoms with E-state index in [-0.39, 0.29) is 21.4 Å². The van der Waals surface area contributed by atoms with Crippen molar-refractivity contribution in [1.29, 1.82) is 0 Å². The third kappa shape index (κ3) is 4.56. The molecule has 0 fully saturated rings. The summed E-state index contributed by atoms with van der Waals surface area (Å²) in [5.41, 5.74) is 0.845. The SMILES string of the molecule is Cc1cnc(C(=O)O[C@@H](C)C(=O)Nc2c(Cl)cc(Cl)cc2Cl)cn1. The van der Waals surface area contributed by atoms with Gasteiger partial charge in [-0.2, -0.15) is 0 Å². The summed E-state index contributed by atoms with van der Waals surface area (Å²) in [7, 11) is 0. The summed E-state index contributed by atoms with van der Waals surface area (Å²) < 4.78 is 5.05. The number of aryl methyl sites for hydroxylation is 1. The van der Waals surface area contributed by atoms with Gasteiger partial charge in [-0.15, -0.1) is 0 Å². The minimum atomic E-state index is -1.09. The Bertz CT molecular complexity index is 758. The van der Waals surface area contributed by atoms with Crippen molar-refractivity contribution in [3.05, 3.63) is 51.0 Å². The zero-order valence-corrected chi connectivity index (χ0v) is 14.9. The molecule has 1 N–H and O–H groups in total. The Morgan fingerprint density at radius 2 is 1.75 bits per heavy atom. The van der Waals surface area contributed by atoms with Gasteiger partial charge in [0, 0.05) is 11.2 Å². The molecule has 24 heavy (non-hydrogen) atoms. The first kappa shape index (κ1) is 18.4. The number of ether oxygens (including phenoxy) is 1. The van der Waals surface area contributed by atoms with Crippen molar-refractivity contribution in [3.63, 3.8) is 0 Å². The average molecular weight is 389 g/mol. The highest BCUT2D eigenvalue weighted by molar-refractivity contribution is 6.42. The number of carbonyl (C=O) groups excluding carboxylic acids is 2. The fourth-order valence-electron chi connectivity index (χ4n) is 1.66. The number of aromatic nitrogens is 2. The summed E-state index contributed by atoms with van der Waals surface area (Å²) in [5, 5.41) is 3.17. The van der Waals surface area contributed by atoms with E-state index in [0.29, 0.717) is 10.7 Å². The van der Waals surface area contributed by atoms with Gasteiger partial charge in [0.15, 0.2) is 11.8 Å². The summed E-state index contributed by atoms with van der Waals surface area (Å²) in [4.78, 5) is 31.9. The number of nitrogens with one attached hydrogen (secondary N) is 1. The van der Waals surface area contributed by atoms with E-state index in [4.69, 9.17) is 39.5 Å². The van der Waals surface area contributed by atoms with Crippen molar-refractivity contribution in [2.45, 2.75) is 20.0 Å². The highest BCUT2D eigenvalue weighted by atomic mass is 35.5. The van der Waals surface area contributed by atoms with E-state index in [1.54, 1.807) is 6.92 Å². The number of amides is 1. The fourth-order valence-corrected chi connectivity index (χ4v) is 2.57. The molecule has 0 saturated heterocycles. The van der Waals surface area contributed by atoms with Gasteiger partial charge in [0.1, 0.15) is 0 Å². The van der Waals surface area contributed by atoms with E-state index in [0.717, 1.165) is 0 Å². The fraction of sp³-hybridized carbons (Fsp3) is 0.200. The van der Waals surface area contributed by atoms with Gasteiger partial charge in [0.05, 0.1) is 27.6 Å². The number of rotatable bonds is 4. The topological polar surface area (TPSA) is 81.2 Å². The number of hydrogen-bond acceptors (Lipinski definition) is 5. The van der Waals surface area contributed by atoms with Crippen LogP contribution >= 0.6 is 34.8 Å². The summed E-state index contributed by atoms with van der Waals surface area (Å²) >= 11 is 17.8. The van der Waals surface area contributed by atoms with E-state index >= 15 is 0 Å². The van der Waals surface area contributed by atoms with Crippen LogP contribution in [0.15, 0.2) is 24.5 Å². The molecule has 0 aliphatic rings. The molecule has 0 aliphatic heterocycles. The van der Waals surface area contributed by atoms with Crippen molar-refractivity contribution in [2.75, 3.05) is 5.32 Å². The van der Waals surface area contributed by atoms with Crippen LogP contribution in [0.4, 0.5) is 5.69 Å². The van der Waals surface area contributed by atoms with Gasteiger partial charge in [0.25, 0.3) is 5.91 Å². The number of nitrogens with zero attached hydrogens (tertiary/aromatic N) is 2. The molecule has 1 aromatic carbocycles. The second-order valence-electron chi connectivity index (χ2n) is 4.82. The van der Waals surface area contributed by atoms with Crippen LogP contribution in [-0.4, -0.2) is 27.9 Å². The maximum absolute atomic E-state index is 12.1. The first-order valence-corrected chi connectivity index (χ1v) is 7.86. The van der Waals surface area contributed by atoms with E-state index < -0.39 is 18.0 Å². The highest BCUT2D eigenvalue weighted by Crippen LogP contribution is 2.33.